The van der Waals surface area contributed by atoms with Crippen LogP contribution in [-0.2, 0) is 4.74 Å². The molecule has 138 valence electrons. The van der Waals surface area contributed by atoms with Gasteiger partial charge in [0, 0.05) is 38.3 Å². The van der Waals surface area contributed by atoms with Crippen LogP contribution in [0.15, 0.2) is 42.7 Å². The van der Waals surface area contributed by atoms with Crippen LogP contribution in [0.4, 0.5) is 5.69 Å². The van der Waals surface area contributed by atoms with Crippen molar-refractivity contribution >= 4 is 17.5 Å². The van der Waals surface area contributed by atoms with Crippen molar-refractivity contribution in [1.29, 1.82) is 0 Å². The number of aromatic nitrogens is 1. The fourth-order valence-electron chi connectivity index (χ4n) is 2.36. The Morgan fingerprint density at radius 3 is 2.35 bits per heavy atom. The number of rotatable bonds is 8. The fraction of sp³-hybridized carbons (Fsp3) is 0.350. The number of pyridine rings is 1. The van der Waals surface area contributed by atoms with E-state index in [1.165, 1.54) is 24.0 Å². The number of hydrogen-bond acceptors (Lipinski definition) is 4. The second kappa shape index (κ2) is 9.68. The summed E-state index contributed by atoms with van der Waals surface area (Å²) in [6, 6.07) is 9.25. The Morgan fingerprint density at radius 1 is 1.08 bits per heavy atom. The number of amides is 2. The molecule has 0 spiro atoms. The summed E-state index contributed by atoms with van der Waals surface area (Å²) in [6.45, 7) is 5.32. The highest BCUT2D eigenvalue weighted by Gasteiger charge is 2.11. The minimum atomic E-state index is -0.302. The third-order valence-electron chi connectivity index (χ3n) is 3.91. The van der Waals surface area contributed by atoms with Gasteiger partial charge in [0.05, 0.1) is 11.1 Å². The molecule has 2 aromatic rings. The zero-order chi connectivity index (χ0) is 18.9. The van der Waals surface area contributed by atoms with Gasteiger partial charge in [-0.2, -0.15) is 0 Å². The second-order valence-electron chi connectivity index (χ2n) is 6.30. The molecule has 2 amide bonds. The van der Waals surface area contributed by atoms with Crippen molar-refractivity contribution in [2.75, 3.05) is 25.6 Å². The van der Waals surface area contributed by atoms with Crippen LogP contribution in [0.1, 0.15) is 52.5 Å². The molecule has 26 heavy (non-hydrogen) atoms. The van der Waals surface area contributed by atoms with E-state index in [9.17, 15) is 9.59 Å². The maximum absolute atomic E-state index is 12.4. The van der Waals surface area contributed by atoms with Gasteiger partial charge < -0.3 is 15.4 Å². The number of carbonyl (C=O) groups is 2. The largest absolute Gasteiger partial charge is 0.385 e. The molecule has 0 fully saturated rings. The van der Waals surface area contributed by atoms with Gasteiger partial charge in [-0.15, -0.1) is 0 Å². The Bertz CT molecular complexity index is 742. The molecule has 0 bridgehead atoms. The summed E-state index contributed by atoms with van der Waals surface area (Å²) in [7, 11) is 1.62. The van der Waals surface area contributed by atoms with Crippen molar-refractivity contribution in [3.8, 4) is 0 Å². The number of methoxy groups -OCH3 is 1. The minimum Gasteiger partial charge on any atom is -0.385 e. The molecule has 6 nitrogen and oxygen atoms in total. The molecule has 0 aliphatic rings. The number of hydrogen-bond donors (Lipinski definition) is 2. The summed E-state index contributed by atoms with van der Waals surface area (Å²) in [4.78, 5) is 28.5. The maximum Gasteiger partial charge on any atom is 0.257 e. The monoisotopic (exact) mass is 355 g/mol. The van der Waals surface area contributed by atoms with Gasteiger partial charge in [0.2, 0.25) is 0 Å². The van der Waals surface area contributed by atoms with Crippen molar-refractivity contribution < 1.29 is 14.3 Å². The van der Waals surface area contributed by atoms with E-state index in [4.69, 9.17) is 4.74 Å². The third-order valence-corrected chi connectivity index (χ3v) is 3.91. The molecule has 0 aliphatic heterocycles. The number of carbonyl (C=O) groups excluding carboxylic acids is 2. The lowest BCUT2D eigenvalue weighted by Gasteiger charge is -2.09. The molecular weight excluding hydrogens is 330 g/mol. The number of anilines is 1. The summed E-state index contributed by atoms with van der Waals surface area (Å²) >= 11 is 0. The number of nitrogens with one attached hydrogen (secondary N) is 2. The average Bonchev–Trinajstić information content (AvgIpc) is 2.65. The van der Waals surface area contributed by atoms with Crippen molar-refractivity contribution in [2.24, 2.45) is 0 Å². The van der Waals surface area contributed by atoms with Crippen molar-refractivity contribution in [3.05, 3.63) is 59.4 Å². The molecule has 1 aromatic carbocycles. The van der Waals surface area contributed by atoms with Crippen LogP contribution in [0.5, 0.6) is 0 Å². The lowest BCUT2D eigenvalue weighted by atomic mass is 10.0. The van der Waals surface area contributed by atoms with Crippen LogP contribution >= 0.6 is 0 Å². The summed E-state index contributed by atoms with van der Waals surface area (Å²) in [5.74, 6) is -0.128. The molecule has 0 radical (unpaired) electrons. The van der Waals surface area contributed by atoms with Crippen molar-refractivity contribution in [2.45, 2.75) is 26.2 Å². The summed E-state index contributed by atoms with van der Waals surface area (Å²) in [5, 5.41) is 5.60. The van der Waals surface area contributed by atoms with E-state index in [0.717, 1.165) is 6.42 Å². The molecule has 0 saturated heterocycles. The molecule has 2 rings (SSSR count). The standard InChI is InChI=1S/C20H25N3O3/c1-14(2)15-5-7-18(8-6-15)23-20(25)17-11-16(12-21-13-17)19(24)22-9-4-10-26-3/h5-8,11-14H,4,9-10H2,1-3H3,(H,22,24)(H,23,25). The van der Waals surface area contributed by atoms with E-state index < -0.39 is 0 Å². The quantitative estimate of drug-likeness (QED) is 0.713. The van der Waals surface area contributed by atoms with Gasteiger partial charge in [0.1, 0.15) is 0 Å². The SMILES string of the molecule is COCCCNC(=O)c1cncc(C(=O)Nc2ccc(C(C)C)cc2)c1. The predicted octanol–water partition coefficient (Wildman–Crippen LogP) is 3.22. The highest BCUT2D eigenvalue weighted by atomic mass is 16.5. The molecule has 6 heteroatoms. The molecule has 0 unspecified atom stereocenters. The molecule has 1 heterocycles. The average molecular weight is 355 g/mol. The van der Waals surface area contributed by atoms with Crippen LogP contribution in [0, 0.1) is 0 Å². The number of ether oxygens (including phenoxy) is 1. The van der Waals surface area contributed by atoms with E-state index >= 15 is 0 Å². The van der Waals surface area contributed by atoms with Crippen LogP contribution < -0.4 is 10.6 Å². The van der Waals surface area contributed by atoms with Gasteiger partial charge in [0.15, 0.2) is 0 Å². The number of nitrogens with zero attached hydrogens (tertiary/aromatic N) is 1. The van der Waals surface area contributed by atoms with Gasteiger partial charge in [-0.1, -0.05) is 26.0 Å². The zero-order valence-corrected chi connectivity index (χ0v) is 15.4. The lowest BCUT2D eigenvalue weighted by Crippen LogP contribution is -2.25. The van der Waals surface area contributed by atoms with Gasteiger partial charge in [-0.05, 0) is 36.1 Å². The van der Waals surface area contributed by atoms with E-state index in [2.05, 4.69) is 29.5 Å². The third kappa shape index (κ3) is 5.67. The first-order valence-corrected chi connectivity index (χ1v) is 8.64. The molecule has 0 saturated carbocycles. The topological polar surface area (TPSA) is 80.3 Å². The summed E-state index contributed by atoms with van der Waals surface area (Å²) < 4.78 is 4.94. The minimum absolute atomic E-state index is 0.260. The van der Waals surface area contributed by atoms with Crippen LogP contribution in [0.2, 0.25) is 0 Å². The second-order valence-corrected chi connectivity index (χ2v) is 6.30. The Labute approximate surface area is 154 Å². The van der Waals surface area contributed by atoms with E-state index in [1.807, 2.05) is 24.3 Å². The highest BCUT2D eigenvalue weighted by molar-refractivity contribution is 6.05. The van der Waals surface area contributed by atoms with Crippen LogP contribution in [0.3, 0.4) is 0 Å². The lowest BCUT2D eigenvalue weighted by molar-refractivity contribution is 0.0948. The van der Waals surface area contributed by atoms with Gasteiger partial charge in [-0.25, -0.2) is 0 Å². The normalized spacial score (nSPS) is 10.6. The molecule has 0 atom stereocenters. The van der Waals surface area contributed by atoms with E-state index in [0.29, 0.717) is 35.9 Å². The molecule has 0 aliphatic carbocycles. The van der Waals surface area contributed by atoms with Crippen molar-refractivity contribution in [3.63, 3.8) is 0 Å². The Hall–Kier alpha value is -2.73. The fourth-order valence-corrected chi connectivity index (χ4v) is 2.36. The Morgan fingerprint density at radius 2 is 1.73 bits per heavy atom. The van der Waals surface area contributed by atoms with Crippen LogP contribution in [0.25, 0.3) is 0 Å². The maximum atomic E-state index is 12.4. The van der Waals surface area contributed by atoms with Gasteiger partial charge in [-0.3, -0.25) is 14.6 Å². The summed E-state index contributed by atoms with van der Waals surface area (Å²) in [6.07, 6.45) is 3.61. The molecule has 2 N–H and O–H groups in total. The zero-order valence-electron chi connectivity index (χ0n) is 15.4. The van der Waals surface area contributed by atoms with Crippen molar-refractivity contribution in [1.82, 2.24) is 10.3 Å². The smallest absolute Gasteiger partial charge is 0.257 e. The van der Waals surface area contributed by atoms with Gasteiger partial charge >= 0.3 is 0 Å². The van der Waals surface area contributed by atoms with E-state index in [-0.39, 0.29) is 11.8 Å². The Balaban J connectivity index is 1.99. The number of benzene rings is 1. The first-order valence-electron chi connectivity index (χ1n) is 8.64. The molecular formula is C20H25N3O3. The first-order chi connectivity index (χ1) is 12.5. The summed E-state index contributed by atoms with van der Waals surface area (Å²) in [5.41, 5.74) is 2.60. The molecule has 1 aromatic heterocycles. The van der Waals surface area contributed by atoms with Gasteiger partial charge in [0.25, 0.3) is 11.8 Å². The van der Waals surface area contributed by atoms with Crippen LogP contribution in [-0.4, -0.2) is 37.1 Å². The Kier molecular flexibility index (Phi) is 7.29. The van der Waals surface area contributed by atoms with E-state index in [1.54, 1.807) is 7.11 Å². The highest BCUT2D eigenvalue weighted by Crippen LogP contribution is 2.17. The predicted molar refractivity (Wildman–Crippen MR) is 102 cm³/mol. The first kappa shape index (κ1) is 19.6.